The Morgan fingerprint density at radius 3 is 2.64 bits per heavy atom. The molecule has 1 amide bonds. The van der Waals surface area contributed by atoms with Gasteiger partial charge in [-0.25, -0.2) is 0 Å². The predicted molar refractivity (Wildman–Crippen MR) is 99.5 cm³/mol. The molecule has 3 rings (SSSR count). The summed E-state index contributed by atoms with van der Waals surface area (Å²) >= 11 is 0. The Morgan fingerprint density at radius 1 is 1.32 bits per heavy atom. The number of hydrogen-bond donors (Lipinski definition) is 0. The molecule has 1 aromatic rings. The Labute approximate surface area is 150 Å². The van der Waals surface area contributed by atoms with Crippen LogP contribution in [0.4, 0.5) is 0 Å². The summed E-state index contributed by atoms with van der Waals surface area (Å²) in [5, 5.41) is 4.14. The topological polar surface area (TPSA) is 45.1 Å². The van der Waals surface area contributed by atoms with Gasteiger partial charge in [0.1, 0.15) is 5.71 Å². The third-order valence-electron chi connectivity index (χ3n) is 5.41. The van der Waals surface area contributed by atoms with Crippen molar-refractivity contribution in [1.29, 1.82) is 0 Å². The van der Waals surface area contributed by atoms with E-state index >= 15 is 0 Å². The van der Waals surface area contributed by atoms with Gasteiger partial charge in [-0.2, -0.15) is 0 Å². The SMILES string of the molecule is CCc1ccc(CN2CCC3(CC(C(=O)N(C)C(C)C)=NO3)C2)cc1. The van der Waals surface area contributed by atoms with E-state index in [1.807, 2.05) is 20.9 Å². The van der Waals surface area contributed by atoms with Crippen molar-refractivity contribution in [2.45, 2.75) is 58.2 Å². The lowest BCUT2D eigenvalue weighted by atomic mass is 9.96. The van der Waals surface area contributed by atoms with Crippen LogP contribution in [0.3, 0.4) is 0 Å². The van der Waals surface area contributed by atoms with E-state index in [0.29, 0.717) is 12.1 Å². The van der Waals surface area contributed by atoms with Gasteiger partial charge in [-0.05, 0) is 31.4 Å². The van der Waals surface area contributed by atoms with Crippen molar-refractivity contribution >= 4 is 11.6 Å². The first kappa shape index (κ1) is 17.9. The molecule has 0 radical (unpaired) electrons. The van der Waals surface area contributed by atoms with Gasteiger partial charge < -0.3 is 9.74 Å². The number of amides is 1. The first-order chi connectivity index (χ1) is 11.9. The van der Waals surface area contributed by atoms with Crippen LogP contribution in [0.5, 0.6) is 0 Å². The van der Waals surface area contributed by atoms with E-state index in [2.05, 4.69) is 41.2 Å². The zero-order chi connectivity index (χ0) is 18.0. The van der Waals surface area contributed by atoms with Crippen molar-refractivity contribution in [3.8, 4) is 0 Å². The van der Waals surface area contributed by atoms with Crippen molar-refractivity contribution in [2.75, 3.05) is 20.1 Å². The lowest BCUT2D eigenvalue weighted by Gasteiger charge is -2.23. The van der Waals surface area contributed by atoms with E-state index in [4.69, 9.17) is 4.84 Å². The molecule has 1 fully saturated rings. The van der Waals surface area contributed by atoms with Crippen LogP contribution in [0.15, 0.2) is 29.4 Å². The Balaban J connectivity index is 1.57. The van der Waals surface area contributed by atoms with E-state index in [0.717, 1.165) is 32.5 Å². The quantitative estimate of drug-likeness (QED) is 0.826. The van der Waals surface area contributed by atoms with Gasteiger partial charge in [0, 0.05) is 45.6 Å². The minimum atomic E-state index is -0.313. The van der Waals surface area contributed by atoms with Crippen LogP contribution in [0.1, 0.15) is 44.7 Å². The van der Waals surface area contributed by atoms with Gasteiger partial charge in [0.25, 0.3) is 5.91 Å². The summed E-state index contributed by atoms with van der Waals surface area (Å²) in [6.45, 7) is 8.91. The van der Waals surface area contributed by atoms with Gasteiger partial charge in [-0.15, -0.1) is 0 Å². The molecule has 5 nitrogen and oxygen atoms in total. The van der Waals surface area contributed by atoms with Crippen LogP contribution in [0, 0.1) is 0 Å². The molecular weight excluding hydrogens is 314 g/mol. The number of carbonyl (C=O) groups is 1. The van der Waals surface area contributed by atoms with Crippen LogP contribution < -0.4 is 0 Å². The van der Waals surface area contributed by atoms with Crippen molar-refractivity contribution in [3.05, 3.63) is 35.4 Å². The number of hydrogen-bond acceptors (Lipinski definition) is 4. The summed E-state index contributed by atoms with van der Waals surface area (Å²) in [7, 11) is 1.82. The maximum Gasteiger partial charge on any atom is 0.271 e. The third kappa shape index (κ3) is 3.87. The molecule has 0 N–H and O–H groups in total. The molecule has 0 saturated carbocycles. The molecule has 1 saturated heterocycles. The Bertz CT molecular complexity index is 653. The number of likely N-dealkylation sites (tertiary alicyclic amines) is 1. The number of aryl methyl sites for hydroxylation is 1. The van der Waals surface area contributed by atoms with Crippen LogP contribution in [-0.2, 0) is 22.6 Å². The maximum atomic E-state index is 12.5. The molecule has 1 aromatic carbocycles. The highest BCUT2D eigenvalue weighted by molar-refractivity contribution is 6.39. The van der Waals surface area contributed by atoms with Gasteiger partial charge in [0.2, 0.25) is 0 Å². The minimum absolute atomic E-state index is 0.0134. The zero-order valence-electron chi connectivity index (χ0n) is 15.8. The van der Waals surface area contributed by atoms with Crippen LogP contribution in [-0.4, -0.2) is 53.2 Å². The molecule has 2 aliphatic heterocycles. The third-order valence-corrected chi connectivity index (χ3v) is 5.41. The molecule has 0 aromatic heterocycles. The molecule has 1 atom stereocenters. The van der Waals surface area contributed by atoms with E-state index in [1.54, 1.807) is 4.90 Å². The lowest BCUT2D eigenvalue weighted by molar-refractivity contribution is -0.124. The van der Waals surface area contributed by atoms with Gasteiger partial charge >= 0.3 is 0 Å². The lowest BCUT2D eigenvalue weighted by Crippen LogP contribution is -2.40. The van der Waals surface area contributed by atoms with E-state index < -0.39 is 0 Å². The molecule has 1 unspecified atom stereocenters. The first-order valence-corrected chi connectivity index (χ1v) is 9.25. The summed E-state index contributed by atoms with van der Waals surface area (Å²) in [6.07, 6.45) is 2.61. The molecule has 136 valence electrons. The molecule has 1 spiro atoms. The number of carbonyl (C=O) groups excluding carboxylic acids is 1. The summed E-state index contributed by atoms with van der Waals surface area (Å²) in [5.74, 6) is -0.0134. The Kier molecular flexibility index (Phi) is 5.13. The molecule has 25 heavy (non-hydrogen) atoms. The largest absolute Gasteiger partial charge is 0.387 e. The van der Waals surface area contributed by atoms with Gasteiger partial charge in [-0.3, -0.25) is 9.69 Å². The number of benzene rings is 1. The van der Waals surface area contributed by atoms with Crippen LogP contribution in [0.25, 0.3) is 0 Å². The Morgan fingerprint density at radius 2 is 2.00 bits per heavy atom. The zero-order valence-corrected chi connectivity index (χ0v) is 15.8. The smallest absolute Gasteiger partial charge is 0.271 e. The molecular formula is C20H29N3O2. The first-order valence-electron chi connectivity index (χ1n) is 9.25. The van der Waals surface area contributed by atoms with Crippen molar-refractivity contribution < 1.29 is 9.63 Å². The average Bonchev–Trinajstić information content (AvgIpc) is 3.21. The number of oxime groups is 1. The molecule has 2 aliphatic rings. The van der Waals surface area contributed by atoms with E-state index in [-0.39, 0.29) is 17.6 Å². The number of rotatable bonds is 5. The maximum absolute atomic E-state index is 12.5. The highest BCUT2D eigenvalue weighted by atomic mass is 16.7. The number of nitrogens with zero attached hydrogens (tertiary/aromatic N) is 3. The summed E-state index contributed by atoms with van der Waals surface area (Å²) < 4.78 is 0. The Hall–Kier alpha value is -1.88. The molecule has 0 aliphatic carbocycles. The highest BCUT2D eigenvalue weighted by Gasteiger charge is 2.47. The minimum Gasteiger partial charge on any atom is -0.387 e. The van der Waals surface area contributed by atoms with Gasteiger partial charge in [0.15, 0.2) is 5.60 Å². The van der Waals surface area contributed by atoms with Gasteiger partial charge in [0.05, 0.1) is 0 Å². The monoisotopic (exact) mass is 343 g/mol. The standard InChI is InChI=1S/C20H29N3O2/c1-5-16-6-8-17(9-7-16)13-23-11-10-20(14-23)12-18(21-25-20)19(24)22(4)15(2)3/h6-9,15H,5,10-14H2,1-4H3. The van der Waals surface area contributed by atoms with Crippen LogP contribution >= 0.6 is 0 Å². The van der Waals surface area contributed by atoms with Gasteiger partial charge in [-0.1, -0.05) is 36.3 Å². The fourth-order valence-electron chi connectivity index (χ4n) is 3.49. The summed E-state index contributed by atoms with van der Waals surface area (Å²) in [6, 6.07) is 8.99. The normalized spacial score (nSPS) is 23.2. The predicted octanol–water partition coefficient (Wildman–Crippen LogP) is 2.84. The molecule has 5 heteroatoms. The molecule has 0 bridgehead atoms. The second kappa shape index (κ2) is 7.16. The second-order valence-electron chi connectivity index (χ2n) is 7.63. The van der Waals surface area contributed by atoms with Crippen molar-refractivity contribution in [2.24, 2.45) is 5.16 Å². The van der Waals surface area contributed by atoms with Crippen molar-refractivity contribution in [3.63, 3.8) is 0 Å². The fraction of sp³-hybridized carbons (Fsp3) is 0.600. The fourth-order valence-corrected chi connectivity index (χ4v) is 3.49. The van der Waals surface area contributed by atoms with E-state index in [1.165, 1.54) is 11.1 Å². The summed E-state index contributed by atoms with van der Waals surface area (Å²) in [4.78, 5) is 22.4. The molecule has 2 heterocycles. The van der Waals surface area contributed by atoms with E-state index in [9.17, 15) is 4.79 Å². The van der Waals surface area contributed by atoms with Crippen LogP contribution in [0.2, 0.25) is 0 Å². The highest BCUT2D eigenvalue weighted by Crippen LogP contribution is 2.34. The average molecular weight is 343 g/mol. The second-order valence-corrected chi connectivity index (χ2v) is 7.63. The summed E-state index contributed by atoms with van der Waals surface area (Å²) in [5.41, 5.74) is 2.94. The van der Waals surface area contributed by atoms with Crippen molar-refractivity contribution in [1.82, 2.24) is 9.80 Å².